The van der Waals surface area contributed by atoms with E-state index in [2.05, 4.69) is 26.6 Å². The van der Waals surface area contributed by atoms with Crippen LogP contribution in [0, 0.1) is 13.8 Å². The number of hydrazine groups is 1. The van der Waals surface area contributed by atoms with Crippen LogP contribution in [0.1, 0.15) is 11.1 Å². The molecule has 144 valence electrons. The Balaban J connectivity index is 1.40. The van der Waals surface area contributed by atoms with E-state index in [9.17, 15) is 9.59 Å². The fraction of sp³-hybridized carbons (Fsp3) is 0.316. The summed E-state index contributed by atoms with van der Waals surface area (Å²) in [6, 6.07) is 6.11. The van der Waals surface area contributed by atoms with Crippen molar-refractivity contribution in [2.45, 2.75) is 13.8 Å². The number of carbonyl (C=O) groups is 2. The average Bonchev–Trinajstić information content (AvgIpc) is 3.31. The molecule has 3 heterocycles. The maximum absolute atomic E-state index is 12.3. The monoisotopic (exact) mass is 379 g/mol. The first kappa shape index (κ1) is 17.9. The van der Waals surface area contributed by atoms with E-state index < -0.39 is 5.91 Å². The Labute approximate surface area is 162 Å². The minimum Gasteiger partial charge on any atom is -0.349 e. The lowest BCUT2D eigenvalue weighted by Gasteiger charge is -2.32. The maximum Gasteiger partial charge on any atom is 0.307 e. The molecule has 4 rings (SSSR count). The number of nitrogens with one attached hydrogen (secondary N) is 1. The van der Waals surface area contributed by atoms with Crippen LogP contribution in [-0.2, 0) is 9.59 Å². The fourth-order valence-corrected chi connectivity index (χ4v) is 3.35. The Hall–Kier alpha value is -3.49. The Bertz CT molecular complexity index is 972. The molecule has 2 aromatic rings. The number of hydrogen-bond acceptors (Lipinski definition) is 6. The predicted molar refractivity (Wildman–Crippen MR) is 104 cm³/mol. The first-order chi connectivity index (χ1) is 13.5. The number of aromatic nitrogens is 3. The summed E-state index contributed by atoms with van der Waals surface area (Å²) in [7, 11) is 0. The molecular weight excluding hydrogens is 358 g/mol. The molecule has 9 nitrogen and oxygen atoms in total. The lowest BCUT2D eigenvalue weighted by Crippen LogP contribution is -2.58. The van der Waals surface area contributed by atoms with Gasteiger partial charge in [0, 0.05) is 30.9 Å². The van der Waals surface area contributed by atoms with Gasteiger partial charge in [-0.25, -0.2) is 14.7 Å². The van der Waals surface area contributed by atoms with Crippen LogP contribution in [-0.4, -0.2) is 68.5 Å². The third-order valence-electron chi connectivity index (χ3n) is 4.57. The molecule has 9 heteroatoms. The molecule has 1 aromatic heterocycles. The summed E-state index contributed by atoms with van der Waals surface area (Å²) in [5, 5.41) is 5.67. The van der Waals surface area contributed by atoms with Crippen LogP contribution in [0.25, 0.3) is 17.6 Å². The molecular formula is C19H21N7O2. The van der Waals surface area contributed by atoms with Gasteiger partial charge in [0.1, 0.15) is 6.33 Å². The second-order valence-corrected chi connectivity index (χ2v) is 6.87. The van der Waals surface area contributed by atoms with Crippen molar-refractivity contribution in [1.29, 1.82) is 0 Å². The predicted octanol–water partition coefficient (Wildman–Crippen LogP) is 0.620. The van der Waals surface area contributed by atoms with Crippen LogP contribution < -0.4 is 5.43 Å². The molecule has 1 fully saturated rings. The zero-order valence-electron chi connectivity index (χ0n) is 15.8. The Morgan fingerprint density at radius 2 is 1.93 bits per heavy atom. The molecule has 2 aliphatic rings. The number of amides is 2. The second-order valence-electron chi connectivity index (χ2n) is 6.87. The summed E-state index contributed by atoms with van der Waals surface area (Å²) in [5.74, 6) is 0.319. The van der Waals surface area contributed by atoms with Crippen molar-refractivity contribution in [3.8, 4) is 11.4 Å². The highest BCUT2D eigenvalue weighted by atomic mass is 16.2. The van der Waals surface area contributed by atoms with Gasteiger partial charge in [0.25, 0.3) is 5.91 Å². The molecule has 0 bridgehead atoms. The smallest absolute Gasteiger partial charge is 0.307 e. The van der Waals surface area contributed by atoms with Crippen molar-refractivity contribution >= 4 is 23.8 Å². The summed E-state index contributed by atoms with van der Waals surface area (Å²) in [4.78, 5) is 34.9. The van der Waals surface area contributed by atoms with E-state index in [1.807, 2.05) is 30.9 Å². The number of aliphatic imine (C=N–C) groups is 1. The van der Waals surface area contributed by atoms with Gasteiger partial charge >= 0.3 is 5.91 Å². The number of benzene rings is 1. The molecule has 1 saturated heterocycles. The molecule has 0 spiro atoms. The van der Waals surface area contributed by atoms with E-state index in [4.69, 9.17) is 0 Å². The van der Waals surface area contributed by atoms with Gasteiger partial charge in [-0.3, -0.25) is 20.0 Å². The number of hydrogen-bond donors (Lipinski definition) is 1. The van der Waals surface area contributed by atoms with E-state index in [0.717, 1.165) is 23.2 Å². The highest BCUT2D eigenvalue weighted by molar-refractivity contribution is 6.38. The second kappa shape index (κ2) is 7.26. The van der Waals surface area contributed by atoms with E-state index >= 15 is 0 Å². The van der Waals surface area contributed by atoms with Gasteiger partial charge in [0.05, 0.1) is 13.1 Å². The number of rotatable bonds is 4. The standard InChI is InChI=1S/C19H21N7O2/c1-13-9-14(2)11-15(10-13)17-21-12-25(23-17)5-3-16(27)22-26-8-7-24-6-4-20-18(24)19(26)28/h3,5,9-12H,4,6-8H2,1-2H3,(H,22,27)/b5-3-. The van der Waals surface area contributed by atoms with Crippen molar-refractivity contribution in [3.63, 3.8) is 0 Å². The van der Waals surface area contributed by atoms with Crippen molar-refractivity contribution in [1.82, 2.24) is 30.1 Å². The highest BCUT2D eigenvalue weighted by Crippen LogP contribution is 2.18. The zero-order valence-corrected chi connectivity index (χ0v) is 15.8. The Morgan fingerprint density at radius 3 is 2.71 bits per heavy atom. The molecule has 0 saturated carbocycles. The molecule has 1 aromatic carbocycles. The Kier molecular flexibility index (Phi) is 4.64. The molecule has 0 unspecified atom stereocenters. The topological polar surface area (TPSA) is 95.7 Å². The third-order valence-corrected chi connectivity index (χ3v) is 4.57. The largest absolute Gasteiger partial charge is 0.349 e. The molecule has 28 heavy (non-hydrogen) atoms. The lowest BCUT2D eigenvalue weighted by molar-refractivity contribution is -0.136. The van der Waals surface area contributed by atoms with Gasteiger partial charge in [0.15, 0.2) is 11.7 Å². The summed E-state index contributed by atoms with van der Waals surface area (Å²) in [6.07, 6.45) is 4.35. The quantitative estimate of drug-likeness (QED) is 0.786. The molecule has 0 aliphatic carbocycles. The van der Waals surface area contributed by atoms with Gasteiger partial charge in [0.2, 0.25) is 0 Å². The van der Waals surface area contributed by atoms with Crippen LogP contribution in [0.5, 0.6) is 0 Å². The van der Waals surface area contributed by atoms with Gasteiger partial charge in [-0.2, -0.15) is 0 Å². The molecule has 2 amide bonds. The summed E-state index contributed by atoms with van der Waals surface area (Å²) in [6.45, 7) is 6.52. The minimum atomic E-state index is -0.413. The summed E-state index contributed by atoms with van der Waals surface area (Å²) in [5.41, 5.74) is 5.79. The first-order valence-corrected chi connectivity index (χ1v) is 9.09. The van der Waals surface area contributed by atoms with Gasteiger partial charge < -0.3 is 4.90 Å². The van der Waals surface area contributed by atoms with Crippen LogP contribution in [0.2, 0.25) is 0 Å². The van der Waals surface area contributed by atoms with Gasteiger partial charge in [-0.1, -0.05) is 17.2 Å². The van der Waals surface area contributed by atoms with Gasteiger partial charge in [-0.15, -0.1) is 5.10 Å². The SMILES string of the molecule is Cc1cc(C)cc(-c2ncn(/C=C\C(=O)NN3CCN4CCN=C4C3=O)n2)c1. The zero-order chi connectivity index (χ0) is 19.7. The van der Waals surface area contributed by atoms with E-state index in [1.54, 1.807) is 0 Å². The summed E-state index contributed by atoms with van der Waals surface area (Å²) >= 11 is 0. The van der Waals surface area contributed by atoms with Crippen molar-refractivity contribution in [3.05, 3.63) is 41.7 Å². The van der Waals surface area contributed by atoms with Crippen molar-refractivity contribution in [2.75, 3.05) is 26.2 Å². The molecule has 0 atom stereocenters. The van der Waals surface area contributed by atoms with E-state index in [0.29, 0.717) is 31.3 Å². The molecule has 0 radical (unpaired) electrons. The van der Waals surface area contributed by atoms with Gasteiger partial charge in [-0.05, 0) is 26.0 Å². The van der Waals surface area contributed by atoms with Crippen LogP contribution in [0.15, 0.2) is 35.6 Å². The average molecular weight is 379 g/mol. The molecule has 1 N–H and O–H groups in total. The van der Waals surface area contributed by atoms with Crippen LogP contribution in [0.4, 0.5) is 0 Å². The Morgan fingerprint density at radius 1 is 1.14 bits per heavy atom. The summed E-state index contributed by atoms with van der Waals surface area (Å²) < 4.78 is 1.47. The number of piperazine rings is 1. The highest BCUT2D eigenvalue weighted by Gasteiger charge is 2.33. The lowest BCUT2D eigenvalue weighted by atomic mass is 10.1. The number of fused-ring (bicyclic) bond motifs is 1. The normalized spacial score (nSPS) is 16.5. The number of aryl methyl sites for hydroxylation is 2. The van der Waals surface area contributed by atoms with Crippen molar-refractivity contribution in [2.24, 2.45) is 4.99 Å². The minimum absolute atomic E-state index is 0.275. The first-order valence-electron chi connectivity index (χ1n) is 9.09. The van der Waals surface area contributed by atoms with Crippen LogP contribution in [0.3, 0.4) is 0 Å². The third kappa shape index (κ3) is 3.64. The van der Waals surface area contributed by atoms with E-state index in [1.165, 1.54) is 28.3 Å². The number of nitrogens with zero attached hydrogens (tertiary/aromatic N) is 6. The maximum atomic E-state index is 12.3. The number of carbonyl (C=O) groups excluding carboxylic acids is 2. The number of amidine groups is 1. The fourth-order valence-electron chi connectivity index (χ4n) is 3.35. The molecule has 2 aliphatic heterocycles. The van der Waals surface area contributed by atoms with Crippen LogP contribution >= 0.6 is 0 Å². The van der Waals surface area contributed by atoms with Crippen molar-refractivity contribution < 1.29 is 9.59 Å². The van der Waals surface area contributed by atoms with E-state index in [-0.39, 0.29) is 5.91 Å².